The molecule has 108 valence electrons. The molecule has 0 aliphatic heterocycles. The van der Waals surface area contributed by atoms with E-state index in [1.807, 2.05) is 26.0 Å². The molecule has 19 heavy (non-hydrogen) atoms. The van der Waals surface area contributed by atoms with E-state index in [0.717, 1.165) is 15.6 Å². The summed E-state index contributed by atoms with van der Waals surface area (Å²) in [7, 11) is -3.01. The highest BCUT2D eigenvalue weighted by Crippen LogP contribution is 2.27. The Morgan fingerprint density at radius 3 is 2.58 bits per heavy atom. The van der Waals surface area contributed by atoms with Crippen molar-refractivity contribution < 1.29 is 13.2 Å². The summed E-state index contributed by atoms with van der Waals surface area (Å²) in [6, 6.07) is 3.82. The second kappa shape index (κ2) is 7.26. The lowest BCUT2D eigenvalue weighted by Crippen LogP contribution is -2.17. The van der Waals surface area contributed by atoms with Crippen LogP contribution in [0, 0.1) is 6.92 Å². The second-order valence-corrected chi connectivity index (χ2v) is 7.63. The fourth-order valence-corrected chi connectivity index (χ4v) is 3.62. The van der Waals surface area contributed by atoms with Crippen molar-refractivity contribution in [1.82, 2.24) is 0 Å². The van der Waals surface area contributed by atoms with Gasteiger partial charge in [0.2, 0.25) is 0 Å². The SMILES string of the molecule is CCCS(=O)(=O)CCOc1c(C)cc(Br)cc1CN. The maximum absolute atomic E-state index is 11.6. The normalized spacial score (nSPS) is 11.6. The van der Waals surface area contributed by atoms with Crippen LogP contribution in [0.25, 0.3) is 0 Å². The van der Waals surface area contributed by atoms with E-state index < -0.39 is 9.84 Å². The summed E-state index contributed by atoms with van der Waals surface area (Å²) in [5.74, 6) is 0.942. The quantitative estimate of drug-likeness (QED) is 0.820. The van der Waals surface area contributed by atoms with E-state index >= 15 is 0 Å². The lowest BCUT2D eigenvalue weighted by Gasteiger charge is -2.14. The van der Waals surface area contributed by atoms with Crippen molar-refractivity contribution >= 4 is 25.8 Å². The molecule has 1 aromatic rings. The molecule has 0 aromatic heterocycles. The predicted molar refractivity (Wildman–Crippen MR) is 81.2 cm³/mol. The maximum Gasteiger partial charge on any atom is 0.153 e. The molecule has 0 spiro atoms. The first-order valence-electron chi connectivity index (χ1n) is 6.22. The van der Waals surface area contributed by atoms with E-state index in [9.17, 15) is 8.42 Å². The molecule has 0 atom stereocenters. The van der Waals surface area contributed by atoms with Crippen LogP contribution in [0.15, 0.2) is 16.6 Å². The average molecular weight is 350 g/mol. The van der Waals surface area contributed by atoms with Gasteiger partial charge in [-0.2, -0.15) is 0 Å². The summed E-state index contributed by atoms with van der Waals surface area (Å²) in [5, 5.41) is 0. The highest BCUT2D eigenvalue weighted by Gasteiger charge is 2.12. The van der Waals surface area contributed by atoms with Gasteiger partial charge in [0.25, 0.3) is 0 Å². The van der Waals surface area contributed by atoms with Crippen molar-refractivity contribution in [2.45, 2.75) is 26.8 Å². The summed E-state index contributed by atoms with van der Waals surface area (Å²) < 4.78 is 29.8. The molecule has 0 bridgehead atoms. The zero-order chi connectivity index (χ0) is 14.5. The van der Waals surface area contributed by atoms with E-state index in [-0.39, 0.29) is 18.1 Å². The average Bonchev–Trinajstić information content (AvgIpc) is 2.31. The minimum Gasteiger partial charge on any atom is -0.492 e. The Labute approximate surface area is 123 Å². The van der Waals surface area contributed by atoms with Crippen LogP contribution in [-0.4, -0.2) is 26.5 Å². The molecular formula is C13H20BrNO3S. The second-order valence-electron chi connectivity index (χ2n) is 4.42. The van der Waals surface area contributed by atoms with Gasteiger partial charge in [0, 0.05) is 16.6 Å². The Morgan fingerprint density at radius 2 is 2.00 bits per heavy atom. The van der Waals surface area contributed by atoms with E-state index in [1.54, 1.807) is 0 Å². The Morgan fingerprint density at radius 1 is 1.32 bits per heavy atom. The van der Waals surface area contributed by atoms with Gasteiger partial charge in [0.1, 0.15) is 12.4 Å². The smallest absolute Gasteiger partial charge is 0.153 e. The largest absolute Gasteiger partial charge is 0.492 e. The fraction of sp³-hybridized carbons (Fsp3) is 0.538. The van der Waals surface area contributed by atoms with Crippen LogP contribution in [-0.2, 0) is 16.4 Å². The number of aryl methyl sites for hydroxylation is 1. The van der Waals surface area contributed by atoms with Gasteiger partial charge in [-0.15, -0.1) is 0 Å². The summed E-state index contributed by atoms with van der Waals surface area (Å²) in [4.78, 5) is 0. The molecule has 0 radical (unpaired) electrons. The first-order chi connectivity index (χ1) is 8.89. The molecular weight excluding hydrogens is 330 g/mol. The molecule has 0 fully saturated rings. The van der Waals surface area contributed by atoms with Gasteiger partial charge in [0.15, 0.2) is 9.84 Å². The third-order valence-corrected chi connectivity index (χ3v) is 4.97. The molecule has 0 amide bonds. The van der Waals surface area contributed by atoms with Crippen molar-refractivity contribution in [3.05, 3.63) is 27.7 Å². The molecule has 0 aliphatic carbocycles. The summed E-state index contributed by atoms with van der Waals surface area (Å²) in [6.07, 6.45) is 0.633. The summed E-state index contributed by atoms with van der Waals surface area (Å²) >= 11 is 3.40. The van der Waals surface area contributed by atoms with Crippen LogP contribution in [0.3, 0.4) is 0 Å². The molecule has 0 unspecified atom stereocenters. The Kier molecular flexibility index (Phi) is 6.29. The number of halogens is 1. The topological polar surface area (TPSA) is 69.4 Å². The molecule has 2 N–H and O–H groups in total. The minimum atomic E-state index is -3.01. The molecule has 0 heterocycles. The predicted octanol–water partition coefficient (Wildman–Crippen LogP) is 2.42. The number of nitrogens with two attached hydrogens (primary N) is 1. The molecule has 0 saturated heterocycles. The van der Waals surface area contributed by atoms with Crippen LogP contribution in [0.2, 0.25) is 0 Å². The van der Waals surface area contributed by atoms with E-state index in [0.29, 0.717) is 18.7 Å². The van der Waals surface area contributed by atoms with Gasteiger partial charge < -0.3 is 10.5 Å². The van der Waals surface area contributed by atoms with E-state index in [1.165, 1.54) is 0 Å². The van der Waals surface area contributed by atoms with Gasteiger partial charge in [-0.1, -0.05) is 22.9 Å². The molecule has 0 aliphatic rings. The van der Waals surface area contributed by atoms with E-state index in [4.69, 9.17) is 10.5 Å². The van der Waals surface area contributed by atoms with Crippen LogP contribution < -0.4 is 10.5 Å². The first-order valence-corrected chi connectivity index (χ1v) is 8.83. The lowest BCUT2D eigenvalue weighted by molar-refractivity contribution is 0.335. The van der Waals surface area contributed by atoms with Crippen molar-refractivity contribution in [2.24, 2.45) is 5.73 Å². The third-order valence-electron chi connectivity index (χ3n) is 2.69. The van der Waals surface area contributed by atoms with Gasteiger partial charge in [-0.05, 0) is 31.0 Å². The number of sulfone groups is 1. The Bertz CT molecular complexity index is 529. The Balaban J connectivity index is 2.73. The van der Waals surface area contributed by atoms with Crippen molar-refractivity contribution in [3.63, 3.8) is 0 Å². The third kappa shape index (κ3) is 5.12. The molecule has 1 rings (SSSR count). The lowest BCUT2D eigenvalue weighted by atomic mass is 10.1. The van der Waals surface area contributed by atoms with Crippen LogP contribution in [0.1, 0.15) is 24.5 Å². The standard InChI is InChI=1S/C13H20BrNO3S/c1-3-5-19(16,17)6-4-18-13-10(2)7-12(14)8-11(13)9-15/h7-8H,3-6,9,15H2,1-2H3. The van der Waals surface area contributed by atoms with Crippen LogP contribution in [0.4, 0.5) is 0 Å². The Hall–Kier alpha value is -0.590. The summed E-state index contributed by atoms with van der Waals surface area (Å²) in [6.45, 7) is 4.29. The van der Waals surface area contributed by atoms with Crippen molar-refractivity contribution in [1.29, 1.82) is 0 Å². The minimum absolute atomic E-state index is 0.0420. The molecule has 6 heteroatoms. The van der Waals surface area contributed by atoms with Gasteiger partial charge in [-0.3, -0.25) is 0 Å². The number of ether oxygens (including phenoxy) is 1. The molecule has 1 aromatic carbocycles. The molecule has 0 saturated carbocycles. The van der Waals surface area contributed by atoms with E-state index in [2.05, 4.69) is 15.9 Å². The molecule has 4 nitrogen and oxygen atoms in total. The number of rotatable bonds is 7. The van der Waals surface area contributed by atoms with Crippen LogP contribution >= 0.6 is 15.9 Å². The monoisotopic (exact) mass is 349 g/mol. The first kappa shape index (κ1) is 16.5. The fourth-order valence-electron chi connectivity index (χ4n) is 1.84. The highest BCUT2D eigenvalue weighted by atomic mass is 79.9. The van der Waals surface area contributed by atoms with Gasteiger partial charge in [0.05, 0.1) is 11.5 Å². The number of hydrogen-bond donors (Lipinski definition) is 1. The zero-order valence-electron chi connectivity index (χ0n) is 11.3. The van der Waals surface area contributed by atoms with Gasteiger partial charge >= 0.3 is 0 Å². The number of benzene rings is 1. The van der Waals surface area contributed by atoms with Crippen molar-refractivity contribution in [3.8, 4) is 5.75 Å². The highest BCUT2D eigenvalue weighted by molar-refractivity contribution is 9.10. The zero-order valence-corrected chi connectivity index (χ0v) is 13.7. The van der Waals surface area contributed by atoms with Gasteiger partial charge in [-0.25, -0.2) is 8.42 Å². The number of hydrogen-bond acceptors (Lipinski definition) is 4. The summed E-state index contributed by atoms with van der Waals surface area (Å²) in [5.41, 5.74) is 7.50. The maximum atomic E-state index is 11.6. The van der Waals surface area contributed by atoms with Crippen LogP contribution in [0.5, 0.6) is 5.75 Å². The van der Waals surface area contributed by atoms with Crippen molar-refractivity contribution in [2.75, 3.05) is 18.1 Å².